The van der Waals surface area contributed by atoms with Crippen LogP contribution in [0.5, 0.6) is 0 Å². The van der Waals surface area contributed by atoms with Gasteiger partial charge in [0.2, 0.25) is 10.0 Å². The van der Waals surface area contributed by atoms with Crippen molar-refractivity contribution in [3.63, 3.8) is 0 Å². The Balaban J connectivity index is 1.74. The molecule has 0 aliphatic rings. The van der Waals surface area contributed by atoms with Gasteiger partial charge in [-0.3, -0.25) is 0 Å². The number of aromatic nitrogens is 1. The molecule has 1 N–H and O–H groups in total. The molecule has 3 rings (SSSR count). The third-order valence-electron chi connectivity index (χ3n) is 4.06. The maximum Gasteiger partial charge on any atom is 0.241 e. The Kier molecular flexibility index (Phi) is 6.70. The zero-order chi connectivity index (χ0) is 19.3. The van der Waals surface area contributed by atoms with Gasteiger partial charge in [0.25, 0.3) is 0 Å². The van der Waals surface area contributed by atoms with Crippen LogP contribution in [0.15, 0.2) is 69.2 Å². The lowest BCUT2D eigenvalue weighted by Gasteiger charge is -2.19. The molecule has 0 aliphatic heterocycles. The largest absolute Gasteiger partial charge is 0.241 e. The maximum absolute atomic E-state index is 12.8. The number of thiazole rings is 1. The minimum Gasteiger partial charge on any atom is -0.235 e. The number of nitrogens with one attached hydrogen (secondary N) is 1. The van der Waals surface area contributed by atoms with Crippen LogP contribution in [0.2, 0.25) is 0 Å². The van der Waals surface area contributed by atoms with Gasteiger partial charge in [0.15, 0.2) is 0 Å². The van der Waals surface area contributed by atoms with Crippen LogP contribution in [0.4, 0.5) is 0 Å². The smallest absolute Gasteiger partial charge is 0.235 e. The van der Waals surface area contributed by atoms with Crippen molar-refractivity contribution in [2.45, 2.75) is 35.5 Å². The van der Waals surface area contributed by atoms with Crippen LogP contribution in [0.1, 0.15) is 29.3 Å². The lowest BCUT2D eigenvalue weighted by Crippen LogP contribution is -2.29. The Hall–Kier alpha value is -1.67. The second-order valence-corrected chi connectivity index (χ2v) is 10.2. The number of hydrogen-bond acceptors (Lipinski definition) is 5. The first kappa shape index (κ1) is 20.1. The van der Waals surface area contributed by atoms with Gasteiger partial charge >= 0.3 is 0 Å². The normalized spacial score (nSPS) is 12.8. The van der Waals surface area contributed by atoms with Gasteiger partial charge in [-0.15, -0.1) is 11.3 Å². The van der Waals surface area contributed by atoms with Gasteiger partial charge in [0, 0.05) is 22.9 Å². The minimum atomic E-state index is -3.59. The monoisotopic (exact) mass is 418 g/mol. The van der Waals surface area contributed by atoms with E-state index in [0.717, 1.165) is 26.9 Å². The number of nitrogens with zero attached hydrogens (tertiary/aromatic N) is 1. The summed E-state index contributed by atoms with van der Waals surface area (Å²) >= 11 is 3.28. The van der Waals surface area contributed by atoms with Crippen LogP contribution in [-0.4, -0.2) is 19.2 Å². The van der Waals surface area contributed by atoms with E-state index in [1.807, 2.05) is 61.7 Å². The molecule has 4 nitrogen and oxygen atoms in total. The van der Waals surface area contributed by atoms with Crippen molar-refractivity contribution in [3.8, 4) is 0 Å². The Bertz CT molecular complexity index is 968. The van der Waals surface area contributed by atoms with Crippen LogP contribution in [0.25, 0.3) is 0 Å². The summed E-state index contributed by atoms with van der Waals surface area (Å²) in [6, 6.07) is 16.3. The van der Waals surface area contributed by atoms with E-state index < -0.39 is 10.0 Å². The van der Waals surface area contributed by atoms with Crippen molar-refractivity contribution in [2.24, 2.45) is 0 Å². The van der Waals surface area contributed by atoms with Crippen LogP contribution >= 0.6 is 23.1 Å². The highest BCUT2D eigenvalue weighted by Gasteiger charge is 2.21. The molecule has 0 fully saturated rings. The predicted molar refractivity (Wildman–Crippen MR) is 113 cm³/mol. The van der Waals surface area contributed by atoms with E-state index in [0.29, 0.717) is 6.42 Å². The molecule has 0 amide bonds. The molecule has 0 bridgehead atoms. The fraction of sp³-hybridized carbons (Fsp3) is 0.250. The molecule has 0 aliphatic carbocycles. The summed E-state index contributed by atoms with van der Waals surface area (Å²) < 4.78 is 29.6. The van der Waals surface area contributed by atoms with Crippen molar-refractivity contribution in [1.29, 1.82) is 0 Å². The van der Waals surface area contributed by atoms with E-state index in [2.05, 4.69) is 9.71 Å². The van der Waals surface area contributed by atoms with Gasteiger partial charge in [-0.25, -0.2) is 18.1 Å². The number of benzene rings is 2. The predicted octanol–water partition coefficient (Wildman–Crippen LogP) is 4.96. The molecule has 1 aromatic heterocycles. The molecule has 0 saturated heterocycles. The summed E-state index contributed by atoms with van der Waals surface area (Å²) in [5, 5.41) is 2.02. The summed E-state index contributed by atoms with van der Waals surface area (Å²) in [5.74, 6) is 0.781. The maximum atomic E-state index is 12.8. The van der Waals surface area contributed by atoms with Gasteiger partial charge in [-0.05, 0) is 38.0 Å². The summed E-state index contributed by atoms with van der Waals surface area (Å²) in [6.07, 6.45) is 0.679. The SMILES string of the molecule is Cc1ccc(S(=O)(=O)NC(CCSc2nc(C)cs2)c2ccccc2)cc1. The highest BCUT2D eigenvalue weighted by Crippen LogP contribution is 2.27. The number of aryl methyl sites for hydroxylation is 2. The van der Waals surface area contributed by atoms with Gasteiger partial charge in [-0.1, -0.05) is 59.8 Å². The highest BCUT2D eigenvalue weighted by molar-refractivity contribution is 8.01. The number of sulfonamides is 1. The van der Waals surface area contributed by atoms with E-state index in [9.17, 15) is 8.42 Å². The Morgan fingerprint density at radius 1 is 1.07 bits per heavy atom. The fourth-order valence-electron chi connectivity index (χ4n) is 2.61. The Morgan fingerprint density at radius 3 is 2.41 bits per heavy atom. The molecule has 0 saturated carbocycles. The zero-order valence-corrected chi connectivity index (χ0v) is 17.7. The lowest BCUT2D eigenvalue weighted by molar-refractivity contribution is 0.551. The minimum absolute atomic E-state index is 0.286. The van der Waals surface area contributed by atoms with Crippen LogP contribution < -0.4 is 4.72 Å². The molecule has 0 radical (unpaired) electrons. The average Bonchev–Trinajstić information content (AvgIpc) is 3.07. The van der Waals surface area contributed by atoms with Crippen LogP contribution in [-0.2, 0) is 10.0 Å². The first-order chi connectivity index (χ1) is 12.9. The number of rotatable bonds is 8. The van der Waals surface area contributed by atoms with Crippen molar-refractivity contribution >= 4 is 33.1 Å². The molecule has 1 unspecified atom stereocenters. The summed E-state index contributed by atoms with van der Waals surface area (Å²) in [7, 11) is -3.59. The molecule has 1 heterocycles. The first-order valence-electron chi connectivity index (χ1n) is 8.63. The van der Waals surface area contributed by atoms with E-state index in [4.69, 9.17) is 0 Å². The van der Waals surface area contributed by atoms with Gasteiger partial charge in [0.05, 0.1) is 4.90 Å². The first-order valence-corrected chi connectivity index (χ1v) is 12.0. The number of thioether (sulfide) groups is 1. The van der Waals surface area contributed by atoms with E-state index in [1.165, 1.54) is 0 Å². The van der Waals surface area contributed by atoms with Gasteiger partial charge in [0.1, 0.15) is 4.34 Å². The lowest BCUT2D eigenvalue weighted by atomic mass is 10.1. The van der Waals surface area contributed by atoms with Crippen molar-refractivity contribution < 1.29 is 8.42 Å². The molecule has 142 valence electrons. The number of hydrogen-bond donors (Lipinski definition) is 1. The van der Waals surface area contributed by atoms with Crippen molar-refractivity contribution in [3.05, 3.63) is 76.8 Å². The van der Waals surface area contributed by atoms with Crippen LogP contribution in [0.3, 0.4) is 0 Å². The molecule has 0 spiro atoms. The molecule has 3 aromatic rings. The molecule has 2 aromatic carbocycles. The van der Waals surface area contributed by atoms with Gasteiger partial charge < -0.3 is 0 Å². The second kappa shape index (κ2) is 9.01. The average molecular weight is 419 g/mol. The Labute approximate surface area is 169 Å². The highest BCUT2D eigenvalue weighted by atomic mass is 32.2. The standard InChI is InChI=1S/C20H22N2O2S3/c1-15-8-10-18(11-9-15)27(23,24)22-19(17-6-4-3-5-7-17)12-13-25-20-21-16(2)14-26-20/h3-11,14,19,22H,12-13H2,1-2H3. The molecule has 7 heteroatoms. The molecule has 1 atom stereocenters. The van der Waals surface area contributed by atoms with E-state index >= 15 is 0 Å². The fourth-order valence-corrected chi connectivity index (χ4v) is 5.80. The van der Waals surface area contributed by atoms with E-state index in [-0.39, 0.29) is 10.9 Å². The van der Waals surface area contributed by atoms with Crippen molar-refractivity contribution in [1.82, 2.24) is 9.71 Å². The molecular weight excluding hydrogens is 396 g/mol. The molecular formula is C20H22N2O2S3. The van der Waals surface area contributed by atoms with Crippen LogP contribution in [0, 0.1) is 13.8 Å². The quantitative estimate of drug-likeness (QED) is 0.525. The third-order valence-corrected chi connectivity index (χ3v) is 7.72. The summed E-state index contributed by atoms with van der Waals surface area (Å²) in [6.45, 7) is 3.91. The van der Waals surface area contributed by atoms with E-state index in [1.54, 1.807) is 35.2 Å². The molecule has 27 heavy (non-hydrogen) atoms. The van der Waals surface area contributed by atoms with Gasteiger partial charge in [-0.2, -0.15) is 0 Å². The summed E-state index contributed by atoms with van der Waals surface area (Å²) in [5.41, 5.74) is 3.01. The van der Waals surface area contributed by atoms with Crippen molar-refractivity contribution in [2.75, 3.05) is 5.75 Å². The zero-order valence-electron chi connectivity index (χ0n) is 15.3. The summed E-state index contributed by atoms with van der Waals surface area (Å²) in [4.78, 5) is 4.74. The Morgan fingerprint density at radius 2 is 1.78 bits per heavy atom. The third kappa shape index (κ3) is 5.65. The second-order valence-electron chi connectivity index (χ2n) is 6.29. The topological polar surface area (TPSA) is 59.1 Å².